The Hall–Kier alpha value is -4.87. The molecule has 4 aromatic rings. The van der Waals surface area contributed by atoms with Crippen molar-refractivity contribution in [3.05, 3.63) is 89.4 Å². The van der Waals surface area contributed by atoms with Gasteiger partial charge in [0.15, 0.2) is 6.20 Å². The average Bonchev–Trinajstić information content (AvgIpc) is 2.99. The van der Waals surface area contributed by atoms with Crippen molar-refractivity contribution in [3.8, 4) is 11.3 Å². The molecule has 0 fully saturated rings. The van der Waals surface area contributed by atoms with Gasteiger partial charge in [0.25, 0.3) is 5.91 Å². The van der Waals surface area contributed by atoms with Crippen LogP contribution in [0.15, 0.2) is 66.9 Å². The number of halogens is 3. The van der Waals surface area contributed by atoms with Crippen LogP contribution in [-0.4, -0.2) is 44.2 Å². The molecule has 0 saturated carbocycles. The number of rotatable bonds is 8. The topological polar surface area (TPSA) is 144 Å². The van der Waals surface area contributed by atoms with E-state index in [9.17, 15) is 22.8 Å². The molecular formula is C31H30F3N4O5+. The summed E-state index contributed by atoms with van der Waals surface area (Å²) < 4.78 is 31.7. The van der Waals surface area contributed by atoms with Crippen LogP contribution in [-0.2, 0) is 22.4 Å². The number of nitrogens with zero attached hydrogens (tertiary/aromatic N) is 2. The van der Waals surface area contributed by atoms with Gasteiger partial charge in [0.2, 0.25) is 5.69 Å². The standard InChI is InChI=1S/C29H28N4O3.C2HF3O2/c34-26(35)14-5-4-12-24-28(20-8-2-1-3-9-20)32-22-16-15-21(18-25(22)31-24)29(36)33-23-13-6-10-19-11-7-17-30-27(19)23;3-2(4,5)1(6)7/h1-3,7-9,11,15-18,23H,4-6,10,12-14H2,(H,33,36)(H,34,35);(H,6,7)/p+1/t23-;/m1./s1. The molecule has 5 rings (SSSR count). The van der Waals surface area contributed by atoms with Crippen LogP contribution < -0.4 is 10.3 Å². The summed E-state index contributed by atoms with van der Waals surface area (Å²) in [5.74, 6) is -3.69. The van der Waals surface area contributed by atoms with Crippen LogP contribution in [0.3, 0.4) is 0 Å². The van der Waals surface area contributed by atoms with Gasteiger partial charge in [0, 0.05) is 29.2 Å². The average molecular weight is 596 g/mol. The van der Waals surface area contributed by atoms with Gasteiger partial charge in [-0.1, -0.05) is 30.3 Å². The van der Waals surface area contributed by atoms with Gasteiger partial charge in [-0.05, 0) is 62.8 Å². The summed E-state index contributed by atoms with van der Waals surface area (Å²) in [6.45, 7) is 0. The predicted molar refractivity (Wildman–Crippen MR) is 150 cm³/mol. The molecule has 0 saturated heterocycles. The smallest absolute Gasteiger partial charge is 0.481 e. The van der Waals surface area contributed by atoms with E-state index in [1.165, 1.54) is 5.56 Å². The molecule has 0 unspecified atom stereocenters. The number of alkyl halides is 3. The van der Waals surface area contributed by atoms with Gasteiger partial charge in [-0.3, -0.25) is 9.59 Å². The molecule has 9 nitrogen and oxygen atoms in total. The summed E-state index contributed by atoms with van der Waals surface area (Å²) in [6, 6.07) is 19.4. The van der Waals surface area contributed by atoms with Crippen LogP contribution in [0.4, 0.5) is 13.2 Å². The lowest BCUT2D eigenvalue weighted by Crippen LogP contribution is -2.35. The highest BCUT2D eigenvalue weighted by atomic mass is 19.4. The Balaban J connectivity index is 0.000000541. The van der Waals surface area contributed by atoms with E-state index in [0.717, 1.165) is 47.4 Å². The van der Waals surface area contributed by atoms with Crippen LogP contribution in [0.2, 0.25) is 0 Å². The zero-order valence-electron chi connectivity index (χ0n) is 23.0. The molecule has 224 valence electrons. The van der Waals surface area contributed by atoms with Gasteiger partial charge in [-0.25, -0.2) is 19.7 Å². The number of aryl methyl sites for hydroxylation is 2. The van der Waals surface area contributed by atoms with Crippen molar-refractivity contribution < 1.29 is 42.8 Å². The van der Waals surface area contributed by atoms with Crippen molar-refractivity contribution in [1.82, 2.24) is 15.3 Å². The molecule has 2 aromatic heterocycles. The monoisotopic (exact) mass is 595 g/mol. The lowest BCUT2D eigenvalue weighted by atomic mass is 9.91. The van der Waals surface area contributed by atoms with Crippen molar-refractivity contribution in [1.29, 1.82) is 0 Å². The van der Waals surface area contributed by atoms with Gasteiger partial charge >= 0.3 is 18.1 Å². The number of carbonyl (C=O) groups excluding carboxylic acids is 1. The van der Waals surface area contributed by atoms with Gasteiger partial charge in [0.1, 0.15) is 6.04 Å². The molecule has 12 heteroatoms. The number of aliphatic carboxylic acids is 2. The Morgan fingerprint density at radius 3 is 2.40 bits per heavy atom. The second-order valence-electron chi connectivity index (χ2n) is 10.0. The second kappa shape index (κ2) is 13.9. The summed E-state index contributed by atoms with van der Waals surface area (Å²) in [6.07, 6.45) is 1.79. The molecule has 0 radical (unpaired) electrons. The van der Waals surface area contributed by atoms with E-state index in [-0.39, 0.29) is 18.4 Å². The van der Waals surface area contributed by atoms with Crippen LogP contribution in [0, 0.1) is 0 Å². The number of carboxylic acids is 2. The van der Waals surface area contributed by atoms with E-state index in [1.54, 1.807) is 12.1 Å². The lowest BCUT2D eigenvalue weighted by Gasteiger charge is -2.21. The molecule has 0 spiro atoms. The highest BCUT2D eigenvalue weighted by Gasteiger charge is 2.38. The van der Waals surface area contributed by atoms with Crippen LogP contribution in [0.1, 0.15) is 65.5 Å². The summed E-state index contributed by atoms with van der Waals surface area (Å²) in [7, 11) is 0. The predicted octanol–water partition coefficient (Wildman–Crippen LogP) is 5.35. The van der Waals surface area contributed by atoms with Crippen LogP contribution in [0.5, 0.6) is 0 Å². The maximum Gasteiger partial charge on any atom is 0.490 e. The SMILES string of the molecule is O=C(O)C(F)(F)F.O=C(O)CCCCc1nc2cc(C(=O)N[C@@H]3CCCc4ccc[nH+]c43)ccc2nc1-c1ccccc1. The maximum atomic E-state index is 13.2. The first kappa shape index (κ1) is 31.1. The Bertz CT molecular complexity index is 1610. The van der Waals surface area contributed by atoms with Crippen molar-refractivity contribution >= 4 is 28.9 Å². The van der Waals surface area contributed by atoms with E-state index < -0.39 is 18.1 Å². The zero-order valence-corrected chi connectivity index (χ0v) is 23.0. The molecular weight excluding hydrogens is 565 g/mol. The third kappa shape index (κ3) is 8.34. The molecule has 1 aliphatic carbocycles. The zero-order chi connectivity index (χ0) is 31.0. The summed E-state index contributed by atoms with van der Waals surface area (Å²) in [4.78, 5) is 46.1. The number of benzene rings is 2. The Morgan fingerprint density at radius 1 is 0.953 bits per heavy atom. The molecule has 43 heavy (non-hydrogen) atoms. The van der Waals surface area contributed by atoms with Crippen molar-refractivity contribution in [2.45, 2.75) is 57.2 Å². The number of carbonyl (C=O) groups is 3. The second-order valence-corrected chi connectivity index (χ2v) is 10.0. The van der Waals surface area contributed by atoms with Gasteiger partial charge < -0.3 is 15.5 Å². The fourth-order valence-electron chi connectivity index (χ4n) is 4.86. The van der Waals surface area contributed by atoms with Gasteiger partial charge in [0.05, 0.1) is 22.4 Å². The number of hydrogen-bond donors (Lipinski definition) is 3. The number of amides is 1. The van der Waals surface area contributed by atoms with E-state index in [1.807, 2.05) is 48.7 Å². The lowest BCUT2D eigenvalue weighted by molar-refractivity contribution is -0.395. The Kier molecular flexibility index (Phi) is 10.0. The minimum Gasteiger partial charge on any atom is -0.481 e. The molecule has 0 aliphatic heterocycles. The number of carboxylic acid groups (broad SMARTS) is 2. The fraction of sp³-hybridized carbons (Fsp3) is 0.290. The van der Waals surface area contributed by atoms with E-state index in [4.69, 9.17) is 25.0 Å². The largest absolute Gasteiger partial charge is 0.490 e. The first-order valence-electron chi connectivity index (χ1n) is 13.7. The normalized spacial score (nSPS) is 14.3. The van der Waals surface area contributed by atoms with E-state index in [2.05, 4.69) is 16.4 Å². The first-order chi connectivity index (χ1) is 20.5. The number of unbranched alkanes of at least 4 members (excludes halogenated alkanes) is 1. The molecule has 0 bridgehead atoms. The molecule has 2 aromatic carbocycles. The van der Waals surface area contributed by atoms with E-state index in [0.29, 0.717) is 30.3 Å². The Labute approximate surface area is 244 Å². The third-order valence-corrected chi connectivity index (χ3v) is 6.91. The minimum atomic E-state index is -5.08. The summed E-state index contributed by atoms with van der Waals surface area (Å²) in [5.41, 5.74) is 6.83. The van der Waals surface area contributed by atoms with Crippen molar-refractivity contribution in [2.75, 3.05) is 0 Å². The Morgan fingerprint density at radius 2 is 1.70 bits per heavy atom. The molecule has 4 N–H and O–H groups in total. The fourth-order valence-corrected chi connectivity index (χ4v) is 4.86. The quantitative estimate of drug-likeness (QED) is 0.233. The number of H-pyrrole nitrogens is 1. The number of hydrogen-bond acceptors (Lipinski definition) is 5. The van der Waals surface area contributed by atoms with Gasteiger partial charge in [-0.2, -0.15) is 13.2 Å². The molecule has 2 heterocycles. The third-order valence-electron chi connectivity index (χ3n) is 6.91. The highest BCUT2D eigenvalue weighted by molar-refractivity contribution is 5.97. The highest BCUT2D eigenvalue weighted by Crippen LogP contribution is 2.28. The van der Waals surface area contributed by atoms with Crippen LogP contribution in [0.25, 0.3) is 22.3 Å². The van der Waals surface area contributed by atoms with Crippen molar-refractivity contribution in [3.63, 3.8) is 0 Å². The number of fused-ring (bicyclic) bond motifs is 2. The number of aromatic nitrogens is 3. The minimum absolute atomic E-state index is 0.0468. The number of aromatic amines is 1. The summed E-state index contributed by atoms with van der Waals surface area (Å²) >= 11 is 0. The number of pyridine rings is 1. The molecule has 1 amide bonds. The van der Waals surface area contributed by atoms with E-state index >= 15 is 0 Å². The molecule has 1 atom stereocenters. The van der Waals surface area contributed by atoms with Crippen molar-refractivity contribution in [2.24, 2.45) is 0 Å². The molecule has 1 aliphatic rings. The number of nitrogens with one attached hydrogen (secondary N) is 2. The van der Waals surface area contributed by atoms with Gasteiger partial charge in [-0.15, -0.1) is 0 Å². The van der Waals surface area contributed by atoms with Crippen LogP contribution >= 0.6 is 0 Å². The first-order valence-corrected chi connectivity index (χ1v) is 13.7. The maximum absolute atomic E-state index is 13.2. The summed E-state index contributed by atoms with van der Waals surface area (Å²) in [5, 5.41) is 19.3.